The highest BCUT2D eigenvalue weighted by Crippen LogP contribution is 2.15. The Morgan fingerprint density at radius 2 is 2.00 bits per heavy atom. The largest absolute Gasteiger partial charge is 0.497 e. The first-order valence-electron chi connectivity index (χ1n) is 5.29. The maximum atomic E-state index is 11.6. The summed E-state index contributed by atoms with van der Waals surface area (Å²) >= 11 is 0. The van der Waals surface area contributed by atoms with Gasteiger partial charge in [-0.2, -0.15) is 0 Å². The number of carbonyl (C=O) groups excluding carboxylic acids is 1. The van der Waals surface area contributed by atoms with Gasteiger partial charge in [0.25, 0.3) is 5.91 Å². The summed E-state index contributed by atoms with van der Waals surface area (Å²) in [4.78, 5) is 11.6. The number of benzene rings is 1. The lowest BCUT2D eigenvalue weighted by Gasteiger charge is -2.06. The molecule has 1 aromatic carbocycles. The van der Waals surface area contributed by atoms with Crippen LogP contribution in [0.15, 0.2) is 35.9 Å². The molecule has 0 unspecified atom stereocenters. The minimum Gasteiger partial charge on any atom is -0.497 e. The summed E-state index contributed by atoms with van der Waals surface area (Å²) in [6.07, 6.45) is 2.76. The monoisotopic (exact) mass is 219 g/mol. The van der Waals surface area contributed by atoms with Gasteiger partial charge in [0.05, 0.1) is 7.11 Å². The first-order chi connectivity index (χ1) is 7.67. The minimum atomic E-state index is -0.0629. The summed E-state index contributed by atoms with van der Waals surface area (Å²) in [6.45, 7) is 3.81. The molecule has 86 valence electrons. The Morgan fingerprint density at radius 3 is 2.50 bits per heavy atom. The topological polar surface area (TPSA) is 38.3 Å². The fourth-order valence-corrected chi connectivity index (χ4v) is 1.30. The van der Waals surface area contributed by atoms with Crippen molar-refractivity contribution >= 4 is 11.6 Å². The van der Waals surface area contributed by atoms with Gasteiger partial charge in [0.15, 0.2) is 0 Å². The van der Waals surface area contributed by atoms with Crippen molar-refractivity contribution in [1.29, 1.82) is 0 Å². The number of amides is 1. The third kappa shape index (κ3) is 3.42. The maximum absolute atomic E-state index is 11.6. The van der Waals surface area contributed by atoms with Crippen molar-refractivity contribution in [2.75, 3.05) is 12.4 Å². The highest BCUT2D eigenvalue weighted by atomic mass is 16.5. The highest BCUT2D eigenvalue weighted by Gasteiger charge is 2.03. The van der Waals surface area contributed by atoms with E-state index in [1.165, 1.54) is 0 Å². The quantitative estimate of drug-likeness (QED) is 0.790. The second-order valence-electron chi connectivity index (χ2n) is 3.48. The SMILES string of the molecule is CCC=C(C)C(=O)Nc1ccc(OC)cc1. The van der Waals surface area contributed by atoms with Gasteiger partial charge < -0.3 is 10.1 Å². The fraction of sp³-hybridized carbons (Fsp3) is 0.308. The molecule has 0 saturated heterocycles. The second-order valence-corrected chi connectivity index (χ2v) is 3.48. The molecule has 0 atom stereocenters. The number of hydrogen-bond donors (Lipinski definition) is 1. The molecule has 0 saturated carbocycles. The molecule has 0 fully saturated rings. The van der Waals surface area contributed by atoms with Crippen LogP contribution in [-0.2, 0) is 4.79 Å². The Labute approximate surface area is 96.1 Å². The van der Waals surface area contributed by atoms with Crippen molar-refractivity contribution in [3.8, 4) is 5.75 Å². The third-order valence-electron chi connectivity index (χ3n) is 2.22. The van der Waals surface area contributed by atoms with E-state index in [0.29, 0.717) is 0 Å². The highest BCUT2D eigenvalue weighted by molar-refractivity contribution is 6.03. The van der Waals surface area contributed by atoms with Crippen LogP contribution in [0.25, 0.3) is 0 Å². The fourth-order valence-electron chi connectivity index (χ4n) is 1.30. The Balaban J connectivity index is 2.66. The van der Waals surface area contributed by atoms with Crippen molar-refractivity contribution in [2.24, 2.45) is 0 Å². The van der Waals surface area contributed by atoms with Crippen molar-refractivity contribution in [3.63, 3.8) is 0 Å². The third-order valence-corrected chi connectivity index (χ3v) is 2.22. The van der Waals surface area contributed by atoms with Crippen LogP contribution in [0.1, 0.15) is 20.3 Å². The smallest absolute Gasteiger partial charge is 0.250 e. The lowest BCUT2D eigenvalue weighted by molar-refractivity contribution is -0.112. The van der Waals surface area contributed by atoms with Crippen LogP contribution in [0.5, 0.6) is 5.75 Å². The summed E-state index contributed by atoms with van der Waals surface area (Å²) in [5, 5.41) is 2.82. The van der Waals surface area contributed by atoms with Gasteiger partial charge in [0.2, 0.25) is 0 Å². The Morgan fingerprint density at radius 1 is 1.38 bits per heavy atom. The Kier molecular flexibility index (Phi) is 4.58. The zero-order valence-electron chi connectivity index (χ0n) is 9.91. The molecule has 16 heavy (non-hydrogen) atoms. The molecule has 0 radical (unpaired) electrons. The lowest BCUT2D eigenvalue weighted by Crippen LogP contribution is -2.12. The summed E-state index contributed by atoms with van der Waals surface area (Å²) in [5.41, 5.74) is 1.51. The maximum Gasteiger partial charge on any atom is 0.250 e. The molecule has 0 aliphatic carbocycles. The van der Waals surface area contributed by atoms with Crippen LogP contribution >= 0.6 is 0 Å². The Hall–Kier alpha value is -1.77. The summed E-state index contributed by atoms with van der Waals surface area (Å²) in [7, 11) is 1.61. The summed E-state index contributed by atoms with van der Waals surface area (Å²) in [6, 6.07) is 7.26. The number of methoxy groups -OCH3 is 1. The van der Waals surface area contributed by atoms with Crippen molar-refractivity contribution < 1.29 is 9.53 Å². The number of nitrogens with one attached hydrogen (secondary N) is 1. The lowest BCUT2D eigenvalue weighted by atomic mass is 10.2. The first kappa shape index (κ1) is 12.3. The molecular weight excluding hydrogens is 202 g/mol. The van der Waals surface area contributed by atoms with Gasteiger partial charge >= 0.3 is 0 Å². The molecule has 0 heterocycles. The second kappa shape index (κ2) is 5.95. The van der Waals surface area contributed by atoms with E-state index in [9.17, 15) is 4.79 Å². The van der Waals surface area contributed by atoms with Gasteiger partial charge in [0, 0.05) is 11.3 Å². The molecule has 1 aromatic rings. The van der Waals surface area contributed by atoms with Crippen molar-refractivity contribution in [3.05, 3.63) is 35.9 Å². The summed E-state index contributed by atoms with van der Waals surface area (Å²) < 4.78 is 5.04. The van der Waals surface area contributed by atoms with E-state index in [2.05, 4.69) is 5.32 Å². The number of allylic oxidation sites excluding steroid dienone is 1. The van der Waals surface area contributed by atoms with Gasteiger partial charge in [-0.3, -0.25) is 4.79 Å². The Bertz CT molecular complexity index is 379. The number of rotatable bonds is 4. The predicted molar refractivity (Wildman–Crippen MR) is 65.7 cm³/mol. The number of anilines is 1. The molecule has 1 rings (SSSR count). The molecule has 0 spiro atoms. The van der Waals surface area contributed by atoms with Gasteiger partial charge in [-0.15, -0.1) is 0 Å². The first-order valence-corrected chi connectivity index (χ1v) is 5.29. The standard InChI is InChI=1S/C13H17NO2/c1-4-5-10(2)13(15)14-11-6-8-12(16-3)9-7-11/h5-9H,4H2,1-3H3,(H,14,15). The van der Waals surface area contributed by atoms with E-state index >= 15 is 0 Å². The number of carbonyl (C=O) groups is 1. The molecular formula is C13H17NO2. The van der Waals surface area contributed by atoms with Gasteiger partial charge in [-0.1, -0.05) is 13.0 Å². The molecule has 3 nitrogen and oxygen atoms in total. The average molecular weight is 219 g/mol. The van der Waals surface area contributed by atoms with Gasteiger partial charge in [-0.25, -0.2) is 0 Å². The van der Waals surface area contributed by atoms with Crippen LogP contribution < -0.4 is 10.1 Å². The predicted octanol–water partition coefficient (Wildman–Crippen LogP) is 2.99. The number of ether oxygens (including phenoxy) is 1. The zero-order valence-corrected chi connectivity index (χ0v) is 9.91. The molecule has 0 aliphatic rings. The van der Waals surface area contributed by atoms with Gasteiger partial charge in [0.1, 0.15) is 5.75 Å². The molecule has 0 aliphatic heterocycles. The number of hydrogen-bond acceptors (Lipinski definition) is 2. The average Bonchev–Trinajstić information content (AvgIpc) is 2.30. The van der Waals surface area contributed by atoms with Gasteiger partial charge in [-0.05, 0) is 37.6 Å². The van der Waals surface area contributed by atoms with Crippen molar-refractivity contribution in [2.45, 2.75) is 20.3 Å². The van der Waals surface area contributed by atoms with E-state index in [1.54, 1.807) is 7.11 Å². The minimum absolute atomic E-state index is 0.0629. The van der Waals surface area contributed by atoms with E-state index in [0.717, 1.165) is 23.4 Å². The van der Waals surface area contributed by atoms with Crippen LogP contribution in [0, 0.1) is 0 Å². The van der Waals surface area contributed by atoms with Crippen LogP contribution in [0.3, 0.4) is 0 Å². The molecule has 1 N–H and O–H groups in total. The molecule has 1 amide bonds. The van der Waals surface area contributed by atoms with E-state index in [-0.39, 0.29) is 5.91 Å². The van der Waals surface area contributed by atoms with Crippen LogP contribution in [-0.4, -0.2) is 13.0 Å². The molecule has 3 heteroatoms. The van der Waals surface area contributed by atoms with E-state index in [1.807, 2.05) is 44.2 Å². The normalized spacial score (nSPS) is 11.1. The zero-order chi connectivity index (χ0) is 12.0. The van der Waals surface area contributed by atoms with E-state index in [4.69, 9.17) is 4.74 Å². The summed E-state index contributed by atoms with van der Waals surface area (Å²) in [5.74, 6) is 0.714. The van der Waals surface area contributed by atoms with Crippen LogP contribution in [0.2, 0.25) is 0 Å². The molecule has 0 aromatic heterocycles. The van der Waals surface area contributed by atoms with Crippen LogP contribution in [0.4, 0.5) is 5.69 Å². The molecule has 0 bridgehead atoms. The van der Waals surface area contributed by atoms with Crippen molar-refractivity contribution in [1.82, 2.24) is 0 Å². The van der Waals surface area contributed by atoms with E-state index < -0.39 is 0 Å².